The van der Waals surface area contributed by atoms with Crippen LogP contribution in [0.5, 0.6) is 5.75 Å². The molecule has 4 rings (SSSR count). The molecule has 0 bridgehead atoms. The molecule has 1 saturated carbocycles. The summed E-state index contributed by atoms with van der Waals surface area (Å²) < 4.78 is 46.8. The van der Waals surface area contributed by atoms with Gasteiger partial charge < -0.3 is 15.8 Å². The molecule has 1 aromatic carbocycles. The molecular weight excluding hydrogens is 425 g/mol. The summed E-state index contributed by atoms with van der Waals surface area (Å²) in [5.74, 6) is -0.788. The first-order valence-electron chi connectivity index (χ1n) is 9.63. The van der Waals surface area contributed by atoms with Crippen LogP contribution in [0.4, 0.5) is 10.1 Å². The van der Waals surface area contributed by atoms with Crippen LogP contribution in [0.1, 0.15) is 35.3 Å². The monoisotopic (exact) mass is 447 g/mol. The third-order valence-electron chi connectivity index (χ3n) is 5.83. The fraction of sp³-hybridized carbons (Fsp3) is 0.350. The third-order valence-corrected chi connectivity index (χ3v) is 8.13. The number of halogens is 1. The number of carbonyl (C=O) groups excluding carboxylic acids is 1. The van der Waals surface area contributed by atoms with Crippen molar-refractivity contribution in [1.82, 2.24) is 9.29 Å². The molecule has 0 spiro atoms. The van der Waals surface area contributed by atoms with Gasteiger partial charge in [0.1, 0.15) is 28.0 Å². The molecule has 0 unspecified atom stereocenters. The Morgan fingerprint density at radius 2 is 2.13 bits per heavy atom. The first kappa shape index (κ1) is 21.0. The Morgan fingerprint density at radius 3 is 2.81 bits per heavy atom. The van der Waals surface area contributed by atoms with E-state index < -0.39 is 32.5 Å². The third kappa shape index (κ3) is 3.38. The van der Waals surface area contributed by atoms with Gasteiger partial charge in [0, 0.05) is 18.3 Å². The number of sulfonamides is 1. The number of fused-ring (bicyclic) bond motifs is 1. The second-order valence-corrected chi connectivity index (χ2v) is 9.67. The van der Waals surface area contributed by atoms with Crippen molar-refractivity contribution in [2.24, 2.45) is 10.7 Å². The Morgan fingerprint density at radius 1 is 1.35 bits per heavy atom. The molecule has 9 nitrogen and oxygen atoms in total. The Kier molecular flexibility index (Phi) is 5.08. The highest BCUT2D eigenvalue weighted by Crippen LogP contribution is 2.49. The maximum Gasteiger partial charge on any atom is 0.274 e. The summed E-state index contributed by atoms with van der Waals surface area (Å²) in [4.78, 5) is 21.0. The van der Waals surface area contributed by atoms with Crippen molar-refractivity contribution < 1.29 is 22.3 Å². The van der Waals surface area contributed by atoms with E-state index in [1.807, 2.05) is 0 Å². The molecule has 1 aliphatic heterocycles. The Bertz CT molecular complexity index is 1170. The number of carbonyl (C=O) groups is 1. The number of guanidine groups is 1. The Labute approximate surface area is 179 Å². The van der Waals surface area contributed by atoms with E-state index in [0.29, 0.717) is 30.7 Å². The van der Waals surface area contributed by atoms with Gasteiger partial charge in [-0.3, -0.25) is 4.79 Å². The number of rotatable bonds is 4. The van der Waals surface area contributed by atoms with Gasteiger partial charge in [0.2, 0.25) is 16.0 Å². The second kappa shape index (κ2) is 7.49. The van der Waals surface area contributed by atoms with Crippen molar-refractivity contribution in [1.29, 1.82) is 0 Å². The predicted molar refractivity (Wildman–Crippen MR) is 113 cm³/mol. The molecule has 3 N–H and O–H groups in total. The molecule has 2 aliphatic rings. The quantitative estimate of drug-likeness (QED) is 0.736. The average molecular weight is 447 g/mol. The number of aromatic nitrogens is 1. The fourth-order valence-corrected chi connectivity index (χ4v) is 6.15. The van der Waals surface area contributed by atoms with Crippen LogP contribution in [0.15, 0.2) is 41.5 Å². The number of anilines is 1. The van der Waals surface area contributed by atoms with Gasteiger partial charge in [0.15, 0.2) is 0 Å². The van der Waals surface area contributed by atoms with Crippen molar-refractivity contribution in [3.63, 3.8) is 0 Å². The lowest BCUT2D eigenvalue weighted by Gasteiger charge is -2.39. The number of benzene rings is 1. The summed E-state index contributed by atoms with van der Waals surface area (Å²) in [5, 5.41) is 1.74. The highest BCUT2D eigenvalue weighted by Gasteiger charge is 2.56. The van der Waals surface area contributed by atoms with Gasteiger partial charge in [0.25, 0.3) is 5.91 Å². The molecular formula is C20H22FN5O4S. The summed E-state index contributed by atoms with van der Waals surface area (Å²) >= 11 is 0. The second-order valence-electron chi connectivity index (χ2n) is 7.52. The molecule has 2 atom stereocenters. The summed E-state index contributed by atoms with van der Waals surface area (Å²) in [6.07, 6.45) is 2.64. The van der Waals surface area contributed by atoms with Gasteiger partial charge in [-0.05, 0) is 49.6 Å². The number of nitrogens with zero attached hydrogens (tertiary/aromatic N) is 3. The molecule has 2 aromatic rings. The van der Waals surface area contributed by atoms with E-state index in [1.54, 1.807) is 6.07 Å². The number of methoxy groups -OCH3 is 1. The van der Waals surface area contributed by atoms with Crippen LogP contribution in [-0.4, -0.2) is 49.0 Å². The smallest absolute Gasteiger partial charge is 0.274 e. The van der Waals surface area contributed by atoms with Crippen LogP contribution >= 0.6 is 0 Å². The van der Waals surface area contributed by atoms with E-state index in [1.165, 1.54) is 44.6 Å². The SMILES string of the molecule is COc1ccc(C(=O)Nc2ccc(F)c([C@]34CCC[C@H]3S(=O)(=O)N(C)C(N)=N4)c2)nc1. The van der Waals surface area contributed by atoms with Crippen molar-refractivity contribution in [2.75, 3.05) is 19.5 Å². The minimum Gasteiger partial charge on any atom is -0.495 e. The maximum absolute atomic E-state index is 14.9. The zero-order chi connectivity index (χ0) is 22.4. The van der Waals surface area contributed by atoms with E-state index in [4.69, 9.17) is 10.5 Å². The standard InChI is InChI=1S/C20H22FN5O4S/c1-26-19(22)25-20(9-3-4-17(20)31(26,28)29)14-10-12(5-7-15(14)21)24-18(27)16-8-6-13(30-2)11-23-16/h5-8,10-11,17H,3-4,9H2,1-2H3,(H2,22,25)(H,24,27)/t17-,20-/m1/s1. The largest absolute Gasteiger partial charge is 0.495 e. The Hall–Kier alpha value is -3.21. The lowest BCUT2D eigenvalue weighted by Crippen LogP contribution is -2.55. The Balaban J connectivity index is 1.72. The van der Waals surface area contributed by atoms with Crippen LogP contribution in [0.25, 0.3) is 0 Å². The molecule has 164 valence electrons. The molecule has 1 amide bonds. The highest BCUT2D eigenvalue weighted by atomic mass is 32.2. The van der Waals surface area contributed by atoms with E-state index in [9.17, 15) is 17.6 Å². The molecule has 1 aromatic heterocycles. The van der Waals surface area contributed by atoms with Gasteiger partial charge >= 0.3 is 0 Å². The lowest BCUT2D eigenvalue weighted by atomic mass is 9.87. The van der Waals surface area contributed by atoms with Gasteiger partial charge in [0.05, 0.1) is 13.3 Å². The van der Waals surface area contributed by atoms with Crippen molar-refractivity contribution in [3.05, 3.63) is 53.6 Å². The van der Waals surface area contributed by atoms with Crippen LogP contribution in [0, 0.1) is 5.82 Å². The zero-order valence-electron chi connectivity index (χ0n) is 17.0. The summed E-state index contributed by atoms with van der Waals surface area (Å²) in [7, 11) is -0.966. The predicted octanol–water partition coefficient (Wildman–Crippen LogP) is 1.82. The number of aliphatic imine (C=N–C) groups is 1. The van der Waals surface area contributed by atoms with Crippen molar-refractivity contribution in [2.45, 2.75) is 30.1 Å². The van der Waals surface area contributed by atoms with E-state index in [2.05, 4.69) is 15.3 Å². The number of hydrogen-bond donors (Lipinski definition) is 2. The van der Waals surface area contributed by atoms with Crippen LogP contribution in [-0.2, 0) is 15.6 Å². The van der Waals surface area contributed by atoms with E-state index >= 15 is 0 Å². The van der Waals surface area contributed by atoms with Crippen molar-refractivity contribution in [3.8, 4) is 5.75 Å². The fourth-order valence-electron chi connectivity index (χ4n) is 4.21. The number of ether oxygens (including phenoxy) is 1. The molecule has 31 heavy (non-hydrogen) atoms. The van der Waals surface area contributed by atoms with Crippen LogP contribution in [0.3, 0.4) is 0 Å². The molecule has 11 heteroatoms. The highest BCUT2D eigenvalue weighted by molar-refractivity contribution is 7.90. The number of hydrogen-bond acceptors (Lipinski definition) is 7. The summed E-state index contributed by atoms with van der Waals surface area (Å²) in [6.45, 7) is 0. The lowest BCUT2D eigenvalue weighted by molar-refractivity contribution is 0.102. The normalized spacial score (nSPS) is 24.3. The molecule has 2 heterocycles. The minimum absolute atomic E-state index is 0.0927. The van der Waals surface area contributed by atoms with Crippen LogP contribution < -0.4 is 15.8 Å². The van der Waals surface area contributed by atoms with E-state index in [-0.39, 0.29) is 17.2 Å². The summed E-state index contributed by atoms with van der Waals surface area (Å²) in [5.41, 5.74) is 5.09. The van der Waals surface area contributed by atoms with Gasteiger partial charge in [-0.15, -0.1) is 0 Å². The number of pyridine rings is 1. The van der Waals surface area contributed by atoms with E-state index in [0.717, 1.165) is 4.31 Å². The number of amides is 1. The summed E-state index contributed by atoms with van der Waals surface area (Å²) in [6, 6.07) is 7.11. The first-order chi connectivity index (χ1) is 14.7. The number of nitrogens with two attached hydrogens (primary N) is 1. The molecule has 1 fully saturated rings. The maximum atomic E-state index is 14.9. The molecule has 1 aliphatic carbocycles. The van der Waals surface area contributed by atoms with Gasteiger partial charge in [-0.2, -0.15) is 0 Å². The molecule has 0 radical (unpaired) electrons. The van der Waals surface area contributed by atoms with Crippen molar-refractivity contribution >= 4 is 27.6 Å². The first-order valence-corrected chi connectivity index (χ1v) is 11.1. The average Bonchev–Trinajstić information content (AvgIpc) is 3.19. The zero-order valence-corrected chi connectivity index (χ0v) is 17.8. The van der Waals surface area contributed by atoms with Gasteiger partial charge in [-0.1, -0.05) is 0 Å². The van der Waals surface area contributed by atoms with Crippen LogP contribution in [0.2, 0.25) is 0 Å². The topological polar surface area (TPSA) is 127 Å². The number of nitrogens with one attached hydrogen (secondary N) is 1. The minimum atomic E-state index is -3.80. The molecule has 0 saturated heterocycles. The van der Waals surface area contributed by atoms with Gasteiger partial charge in [-0.25, -0.2) is 27.1 Å².